The van der Waals surface area contributed by atoms with Crippen molar-refractivity contribution in [3.63, 3.8) is 0 Å². The number of benzene rings is 3. The minimum atomic E-state index is -0.532. The number of nitrogens with one attached hydrogen (secondary N) is 1. The molecule has 2 amide bonds. The molecule has 0 aromatic heterocycles. The molecule has 3 aromatic rings. The third-order valence-corrected chi connectivity index (χ3v) is 6.09. The Labute approximate surface area is 184 Å². The molecule has 1 aliphatic rings. The Morgan fingerprint density at radius 1 is 0.968 bits per heavy atom. The number of carbonyl (C=O) groups is 2. The molecule has 0 aliphatic heterocycles. The molecule has 0 heterocycles. The van der Waals surface area contributed by atoms with E-state index in [2.05, 4.69) is 34.8 Å². The van der Waals surface area contributed by atoms with Crippen LogP contribution in [0, 0.1) is 0 Å². The highest BCUT2D eigenvalue weighted by atomic mass is 32.2. The predicted molar refractivity (Wildman–Crippen MR) is 123 cm³/mol. The average Bonchev–Trinajstić information content (AvgIpc) is 3.11. The lowest BCUT2D eigenvalue weighted by atomic mass is 10.1. The smallest absolute Gasteiger partial charge is 0.255 e. The molecule has 0 bridgehead atoms. The molecule has 0 unspecified atom stereocenters. The van der Waals surface area contributed by atoms with Gasteiger partial charge in [0.2, 0.25) is 5.91 Å². The first-order valence-corrected chi connectivity index (χ1v) is 10.8. The van der Waals surface area contributed by atoms with Gasteiger partial charge < -0.3 is 10.5 Å². The number of nitrogens with zero attached hydrogens (tertiary/aromatic N) is 1. The summed E-state index contributed by atoms with van der Waals surface area (Å²) in [6.45, 7) is -0.170. The van der Waals surface area contributed by atoms with Crippen molar-refractivity contribution in [1.29, 1.82) is 0 Å². The molecule has 0 radical (unpaired) electrons. The first-order chi connectivity index (χ1) is 15.1. The number of nitrogens with two attached hydrogens (primary N) is 1. The normalized spacial score (nSPS) is 12.4. The fraction of sp³-hybridized carbons (Fsp3) is 0.125. The van der Waals surface area contributed by atoms with Gasteiger partial charge in [0.05, 0.1) is 17.2 Å². The van der Waals surface area contributed by atoms with Crippen LogP contribution in [-0.2, 0) is 9.59 Å². The highest BCUT2D eigenvalue weighted by Crippen LogP contribution is 2.49. The number of thioether (sulfide) groups is 1. The SMILES string of the molecule is NC(=O)COc1ccc(/C=N/NC(=O)CSC2c3ccccc3-c3ccccc32)cc1. The summed E-state index contributed by atoms with van der Waals surface area (Å²) in [5, 5.41) is 4.16. The second-order valence-electron chi connectivity index (χ2n) is 6.98. The lowest BCUT2D eigenvalue weighted by molar-refractivity contribution is -0.120. The van der Waals surface area contributed by atoms with Gasteiger partial charge in [-0.1, -0.05) is 48.5 Å². The fourth-order valence-electron chi connectivity index (χ4n) is 3.46. The third-order valence-electron chi connectivity index (χ3n) is 4.82. The highest BCUT2D eigenvalue weighted by molar-refractivity contribution is 8.00. The zero-order valence-electron chi connectivity index (χ0n) is 16.7. The molecule has 31 heavy (non-hydrogen) atoms. The van der Waals surface area contributed by atoms with Crippen LogP contribution < -0.4 is 15.9 Å². The number of hydrogen-bond donors (Lipinski definition) is 2. The van der Waals surface area contributed by atoms with E-state index in [9.17, 15) is 9.59 Å². The minimum absolute atomic E-state index is 0.134. The molecular formula is C24H21N3O3S. The molecule has 0 atom stereocenters. The molecule has 1 aliphatic carbocycles. The average molecular weight is 432 g/mol. The molecular weight excluding hydrogens is 410 g/mol. The molecule has 0 saturated carbocycles. The highest BCUT2D eigenvalue weighted by Gasteiger charge is 2.28. The number of amides is 2. The summed E-state index contributed by atoms with van der Waals surface area (Å²) in [5.74, 6) is 0.138. The summed E-state index contributed by atoms with van der Waals surface area (Å²) in [4.78, 5) is 23.0. The number of hydrazone groups is 1. The van der Waals surface area contributed by atoms with Crippen LogP contribution in [0.1, 0.15) is 21.9 Å². The van der Waals surface area contributed by atoms with E-state index in [1.165, 1.54) is 22.3 Å². The van der Waals surface area contributed by atoms with E-state index >= 15 is 0 Å². The standard InChI is InChI=1S/C24H21N3O3S/c25-22(28)14-30-17-11-9-16(10-12-17)13-26-27-23(29)15-31-24-20-7-3-1-5-18(20)19-6-2-4-8-21(19)24/h1-13,24H,14-15H2,(H2,25,28)(H,27,29)/b26-13+. The largest absolute Gasteiger partial charge is 0.484 e. The van der Waals surface area contributed by atoms with Crippen molar-refractivity contribution in [2.45, 2.75) is 5.25 Å². The molecule has 3 aromatic carbocycles. The van der Waals surface area contributed by atoms with Gasteiger partial charge >= 0.3 is 0 Å². The number of carbonyl (C=O) groups excluding carboxylic acids is 2. The van der Waals surface area contributed by atoms with Crippen LogP contribution in [0.4, 0.5) is 0 Å². The van der Waals surface area contributed by atoms with E-state index in [1.807, 2.05) is 24.3 Å². The number of rotatable bonds is 8. The number of hydrogen-bond acceptors (Lipinski definition) is 5. The monoisotopic (exact) mass is 431 g/mol. The van der Waals surface area contributed by atoms with Gasteiger partial charge in [-0.05, 0) is 52.1 Å². The van der Waals surface area contributed by atoms with E-state index in [0.29, 0.717) is 11.5 Å². The van der Waals surface area contributed by atoms with E-state index < -0.39 is 5.91 Å². The zero-order chi connectivity index (χ0) is 21.6. The topological polar surface area (TPSA) is 93.8 Å². The Hall–Kier alpha value is -3.58. The van der Waals surface area contributed by atoms with Gasteiger partial charge in [-0.15, -0.1) is 11.8 Å². The van der Waals surface area contributed by atoms with E-state index in [-0.39, 0.29) is 17.8 Å². The van der Waals surface area contributed by atoms with Crippen molar-refractivity contribution < 1.29 is 14.3 Å². The zero-order valence-corrected chi connectivity index (χ0v) is 17.5. The van der Waals surface area contributed by atoms with Gasteiger partial charge in [0, 0.05) is 0 Å². The lowest BCUT2D eigenvalue weighted by Crippen LogP contribution is -2.20. The van der Waals surface area contributed by atoms with Gasteiger partial charge in [0.25, 0.3) is 5.91 Å². The van der Waals surface area contributed by atoms with Crippen LogP contribution in [0.15, 0.2) is 77.9 Å². The Kier molecular flexibility index (Phi) is 6.33. The van der Waals surface area contributed by atoms with Crippen molar-refractivity contribution in [1.82, 2.24) is 5.43 Å². The summed E-state index contributed by atoms with van der Waals surface area (Å²) in [5.41, 5.74) is 13.4. The van der Waals surface area contributed by atoms with Crippen molar-refractivity contribution in [3.05, 3.63) is 89.5 Å². The first kappa shape index (κ1) is 20.7. The van der Waals surface area contributed by atoms with Gasteiger partial charge in [0.1, 0.15) is 5.75 Å². The van der Waals surface area contributed by atoms with Crippen molar-refractivity contribution in [3.8, 4) is 16.9 Å². The Morgan fingerprint density at radius 3 is 2.19 bits per heavy atom. The molecule has 0 saturated heterocycles. The van der Waals surface area contributed by atoms with Gasteiger partial charge in [-0.2, -0.15) is 5.10 Å². The van der Waals surface area contributed by atoms with Crippen LogP contribution in [0.2, 0.25) is 0 Å². The van der Waals surface area contributed by atoms with E-state index in [1.54, 1.807) is 42.2 Å². The number of primary amides is 1. The van der Waals surface area contributed by atoms with E-state index in [0.717, 1.165) is 5.56 Å². The van der Waals surface area contributed by atoms with Crippen LogP contribution in [-0.4, -0.2) is 30.4 Å². The Balaban J connectivity index is 1.31. The summed E-state index contributed by atoms with van der Waals surface area (Å²) in [6.07, 6.45) is 1.56. The maximum absolute atomic E-state index is 12.3. The van der Waals surface area contributed by atoms with Gasteiger partial charge in [-0.3, -0.25) is 9.59 Å². The second kappa shape index (κ2) is 9.49. The van der Waals surface area contributed by atoms with Crippen molar-refractivity contribution >= 4 is 29.8 Å². The quantitative estimate of drug-likeness (QED) is 0.422. The maximum atomic E-state index is 12.3. The molecule has 3 N–H and O–H groups in total. The Morgan fingerprint density at radius 2 is 1.58 bits per heavy atom. The van der Waals surface area contributed by atoms with Gasteiger partial charge in [-0.25, -0.2) is 5.43 Å². The van der Waals surface area contributed by atoms with Crippen molar-refractivity contribution in [2.75, 3.05) is 12.4 Å². The van der Waals surface area contributed by atoms with E-state index in [4.69, 9.17) is 10.5 Å². The second-order valence-corrected chi connectivity index (χ2v) is 8.08. The summed E-state index contributed by atoms with van der Waals surface area (Å²) in [7, 11) is 0. The van der Waals surface area contributed by atoms with Crippen LogP contribution in [0.25, 0.3) is 11.1 Å². The van der Waals surface area contributed by atoms with Crippen LogP contribution in [0.3, 0.4) is 0 Å². The predicted octanol–water partition coefficient (Wildman–Crippen LogP) is 3.50. The summed E-state index contributed by atoms with van der Waals surface area (Å²) < 4.78 is 5.20. The third kappa shape index (κ3) is 4.95. The molecule has 0 spiro atoms. The van der Waals surface area contributed by atoms with Crippen molar-refractivity contribution in [2.24, 2.45) is 10.8 Å². The molecule has 156 valence electrons. The molecule has 6 nitrogen and oxygen atoms in total. The molecule has 4 rings (SSSR count). The minimum Gasteiger partial charge on any atom is -0.484 e. The summed E-state index contributed by atoms with van der Waals surface area (Å²) >= 11 is 1.59. The number of fused-ring (bicyclic) bond motifs is 3. The maximum Gasteiger partial charge on any atom is 0.255 e. The van der Waals surface area contributed by atoms with Gasteiger partial charge in [0.15, 0.2) is 6.61 Å². The summed E-state index contributed by atoms with van der Waals surface area (Å²) in [6, 6.07) is 23.6. The first-order valence-electron chi connectivity index (χ1n) is 9.75. The number of ether oxygens (including phenoxy) is 1. The lowest BCUT2D eigenvalue weighted by Gasteiger charge is -2.12. The van der Waals surface area contributed by atoms with Crippen LogP contribution >= 0.6 is 11.8 Å². The molecule has 7 heteroatoms. The molecule has 0 fully saturated rings. The fourth-order valence-corrected chi connectivity index (χ4v) is 4.62. The Bertz CT molecular complexity index is 1080. The van der Waals surface area contributed by atoms with Crippen LogP contribution in [0.5, 0.6) is 5.75 Å².